The quantitative estimate of drug-likeness (QED) is 0.655. The molecule has 1 rings (SSSR count). The third-order valence-corrected chi connectivity index (χ3v) is 3.10. The predicted octanol–water partition coefficient (Wildman–Crippen LogP) is 1.91. The highest BCUT2D eigenvalue weighted by Crippen LogP contribution is 2.10. The van der Waals surface area contributed by atoms with Gasteiger partial charge in [0.25, 0.3) is 0 Å². The lowest BCUT2D eigenvalue weighted by Gasteiger charge is -2.26. The number of primary amides is 1. The molecule has 0 radical (unpaired) electrons. The lowest BCUT2D eigenvalue weighted by atomic mass is 10.1. The molecule has 0 spiro atoms. The average molecular weight is 212 g/mol. The maximum Gasteiger partial charge on any atom is 0.217 e. The Hall–Kier alpha value is -0.570. The van der Waals surface area contributed by atoms with Crippen LogP contribution in [0.5, 0.6) is 0 Å². The first kappa shape index (κ1) is 12.5. The normalized spacial score (nSPS) is 17.9. The highest BCUT2D eigenvalue weighted by Gasteiger charge is 2.08. The first-order chi connectivity index (χ1) is 7.29. The molecule has 1 heterocycles. The lowest BCUT2D eigenvalue weighted by molar-refractivity contribution is -0.118. The van der Waals surface area contributed by atoms with Crippen molar-refractivity contribution in [3.05, 3.63) is 0 Å². The van der Waals surface area contributed by atoms with Gasteiger partial charge < -0.3 is 10.6 Å². The second-order valence-electron chi connectivity index (χ2n) is 4.53. The van der Waals surface area contributed by atoms with Crippen LogP contribution in [0.4, 0.5) is 0 Å². The summed E-state index contributed by atoms with van der Waals surface area (Å²) in [6.07, 6.45) is 9.36. The van der Waals surface area contributed by atoms with Gasteiger partial charge in [0.15, 0.2) is 0 Å². The standard InChI is InChI=1S/C12H24N2O/c13-12(15)8-4-1-2-5-9-14-10-6-3-7-11-14/h1-11H2,(H2,13,15). The third kappa shape index (κ3) is 6.50. The van der Waals surface area contributed by atoms with Gasteiger partial charge in [-0.15, -0.1) is 0 Å². The van der Waals surface area contributed by atoms with E-state index in [0.29, 0.717) is 6.42 Å². The number of hydrogen-bond donors (Lipinski definition) is 1. The molecule has 0 bridgehead atoms. The number of amides is 1. The Morgan fingerprint density at radius 3 is 2.33 bits per heavy atom. The van der Waals surface area contributed by atoms with E-state index in [0.717, 1.165) is 12.8 Å². The molecule has 0 unspecified atom stereocenters. The molecule has 1 aliphatic heterocycles. The number of unbranched alkanes of at least 4 members (excludes halogenated alkanes) is 3. The first-order valence-corrected chi connectivity index (χ1v) is 6.30. The van der Waals surface area contributed by atoms with Crippen molar-refractivity contribution < 1.29 is 4.79 Å². The number of nitrogens with two attached hydrogens (primary N) is 1. The second-order valence-corrected chi connectivity index (χ2v) is 4.53. The summed E-state index contributed by atoms with van der Waals surface area (Å²) in [4.78, 5) is 13.1. The van der Waals surface area contributed by atoms with E-state index in [1.807, 2.05) is 0 Å². The fourth-order valence-electron chi connectivity index (χ4n) is 2.17. The van der Waals surface area contributed by atoms with Crippen LogP contribution in [0.3, 0.4) is 0 Å². The summed E-state index contributed by atoms with van der Waals surface area (Å²) < 4.78 is 0. The minimum atomic E-state index is -0.161. The summed E-state index contributed by atoms with van der Waals surface area (Å²) in [5, 5.41) is 0. The summed E-state index contributed by atoms with van der Waals surface area (Å²) in [7, 11) is 0. The molecule has 88 valence electrons. The number of hydrogen-bond acceptors (Lipinski definition) is 2. The van der Waals surface area contributed by atoms with Gasteiger partial charge in [0.05, 0.1) is 0 Å². The molecule has 2 N–H and O–H groups in total. The van der Waals surface area contributed by atoms with Crippen molar-refractivity contribution >= 4 is 5.91 Å². The van der Waals surface area contributed by atoms with Gasteiger partial charge >= 0.3 is 0 Å². The summed E-state index contributed by atoms with van der Waals surface area (Å²) >= 11 is 0. The minimum Gasteiger partial charge on any atom is -0.370 e. The molecule has 0 aromatic heterocycles. The molecule has 3 heteroatoms. The lowest BCUT2D eigenvalue weighted by Crippen LogP contribution is -2.30. The fourth-order valence-corrected chi connectivity index (χ4v) is 2.17. The van der Waals surface area contributed by atoms with Gasteiger partial charge in [-0.25, -0.2) is 0 Å². The van der Waals surface area contributed by atoms with Gasteiger partial charge in [-0.1, -0.05) is 19.3 Å². The predicted molar refractivity (Wildman–Crippen MR) is 62.6 cm³/mol. The highest BCUT2D eigenvalue weighted by molar-refractivity contribution is 5.73. The number of rotatable bonds is 7. The van der Waals surface area contributed by atoms with E-state index in [2.05, 4.69) is 4.90 Å². The minimum absolute atomic E-state index is 0.161. The van der Waals surface area contributed by atoms with Crippen LogP contribution in [0.25, 0.3) is 0 Å². The van der Waals surface area contributed by atoms with Gasteiger partial charge in [-0.05, 0) is 45.3 Å². The zero-order valence-electron chi connectivity index (χ0n) is 9.71. The molecule has 1 aliphatic rings. The maximum atomic E-state index is 10.5. The Kier molecular flexibility index (Phi) is 6.41. The van der Waals surface area contributed by atoms with Gasteiger partial charge in [-0.3, -0.25) is 4.79 Å². The number of piperidine rings is 1. The van der Waals surface area contributed by atoms with Crippen molar-refractivity contribution in [3.8, 4) is 0 Å². The van der Waals surface area contributed by atoms with E-state index in [9.17, 15) is 4.79 Å². The molecule has 0 aromatic carbocycles. The molecule has 1 fully saturated rings. The van der Waals surface area contributed by atoms with E-state index in [1.165, 1.54) is 51.7 Å². The van der Waals surface area contributed by atoms with Crippen LogP contribution >= 0.6 is 0 Å². The Morgan fingerprint density at radius 2 is 1.67 bits per heavy atom. The zero-order chi connectivity index (χ0) is 10.9. The number of carbonyl (C=O) groups is 1. The van der Waals surface area contributed by atoms with Gasteiger partial charge in [-0.2, -0.15) is 0 Å². The van der Waals surface area contributed by atoms with Crippen LogP contribution in [0, 0.1) is 0 Å². The molecule has 1 saturated heterocycles. The molecule has 0 atom stereocenters. The van der Waals surface area contributed by atoms with Crippen LogP contribution in [-0.2, 0) is 4.79 Å². The van der Waals surface area contributed by atoms with Crippen molar-refractivity contribution in [2.45, 2.75) is 51.4 Å². The largest absolute Gasteiger partial charge is 0.370 e. The molecule has 0 saturated carbocycles. The molecule has 1 amide bonds. The van der Waals surface area contributed by atoms with Crippen LogP contribution in [-0.4, -0.2) is 30.4 Å². The molecular formula is C12H24N2O. The van der Waals surface area contributed by atoms with Crippen molar-refractivity contribution in [1.29, 1.82) is 0 Å². The Bertz CT molecular complexity index is 176. The van der Waals surface area contributed by atoms with Crippen molar-refractivity contribution in [2.24, 2.45) is 5.73 Å². The van der Waals surface area contributed by atoms with Crippen molar-refractivity contribution in [3.63, 3.8) is 0 Å². The molecule has 0 aliphatic carbocycles. The highest BCUT2D eigenvalue weighted by atomic mass is 16.1. The Labute approximate surface area is 93.0 Å². The monoisotopic (exact) mass is 212 g/mol. The Morgan fingerprint density at radius 1 is 1.00 bits per heavy atom. The number of likely N-dealkylation sites (tertiary alicyclic amines) is 1. The van der Waals surface area contributed by atoms with Crippen LogP contribution in [0.15, 0.2) is 0 Å². The number of nitrogens with zero attached hydrogens (tertiary/aromatic N) is 1. The molecule has 15 heavy (non-hydrogen) atoms. The first-order valence-electron chi connectivity index (χ1n) is 6.30. The summed E-state index contributed by atoms with van der Waals surface area (Å²) in [5.41, 5.74) is 5.08. The Balaban J connectivity index is 1.85. The third-order valence-electron chi connectivity index (χ3n) is 3.10. The maximum absolute atomic E-state index is 10.5. The topological polar surface area (TPSA) is 46.3 Å². The fraction of sp³-hybridized carbons (Fsp3) is 0.917. The van der Waals surface area contributed by atoms with Crippen LogP contribution < -0.4 is 5.73 Å². The van der Waals surface area contributed by atoms with E-state index < -0.39 is 0 Å². The summed E-state index contributed by atoms with van der Waals surface area (Å²) in [5.74, 6) is -0.161. The van der Waals surface area contributed by atoms with E-state index in [-0.39, 0.29) is 5.91 Å². The van der Waals surface area contributed by atoms with Gasteiger partial charge in [0.1, 0.15) is 0 Å². The summed E-state index contributed by atoms with van der Waals surface area (Å²) in [6, 6.07) is 0. The van der Waals surface area contributed by atoms with Gasteiger partial charge in [0, 0.05) is 6.42 Å². The van der Waals surface area contributed by atoms with Crippen molar-refractivity contribution in [2.75, 3.05) is 19.6 Å². The van der Waals surface area contributed by atoms with Crippen molar-refractivity contribution in [1.82, 2.24) is 4.90 Å². The SMILES string of the molecule is NC(=O)CCCCCCN1CCCCC1. The van der Waals surface area contributed by atoms with Gasteiger partial charge in [0.2, 0.25) is 5.91 Å². The zero-order valence-corrected chi connectivity index (χ0v) is 9.71. The number of carbonyl (C=O) groups excluding carboxylic acids is 1. The molecule has 3 nitrogen and oxygen atoms in total. The van der Waals surface area contributed by atoms with E-state index in [1.54, 1.807) is 0 Å². The van der Waals surface area contributed by atoms with E-state index >= 15 is 0 Å². The smallest absolute Gasteiger partial charge is 0.217 e. The summed E-state index contributed by atoms with van der Waals surface area (Å²) in [6.45, 7) is 3.83. The second kappa shape index (κ2) is 7.69. The molecule has 0 aromatic rings. The van der Waals surface area contributed by atoms with E-state index in [4.69, 9.17) is 5.73 Å². The molecular weight excluding hydrogens is 188 g/mol. The van der Waals surface area contributed by atoms with Crippen LogP contribution in [0.1, 0.15) is 51.4 Å². The van der Waals surface area contributed by atoms with Crippen LogP contribution in [0.2, 0.25) is 0 Å². The average Bonchev–Trinajstić information content (AvgIpc) is 2.24.